The molecule has 1 aliphatic carbocycles. The van der Waals surface area contributed by atoms with Gasteiger partial charge in [0.05, 0.1) is 26.4 Å². The molecule has 3 heterocycles. The first kappa shape index (κ1) is 17.4. The maximum Gasteiger partial charge on any atom is 0.107 e. The molecule has 0 aromatic rings. The summed E-state index contributed by atoms with van der Waals surface area (Å²) in [6, 6.07) is 0. The Morgan fingerprint density at radius 1 is 0.917 bits per heavy atom. The molecule has 0 aromatic carbocycles. The Hall–Kier alpha value is 0.0300. The predicted octanol–water partition coefficient (Wildman–Crippen LogP) is 2.78. The van der Waals surface area contributed by atoms with E-state index in [2.05, 4.69) is 16.3 Å². The molecule has 24 heavy (non-hydrogen) atoms. The third-order valence-corrected chi connectivity index (χ3v) is 11.4. The van der Waals surface area contributed by atoms with Gasteiger partial charge in [-0.05, 0) is 26.2 Å². The van der Waals surface area contributed by atoms with Crippen molar-refractivity contribution in [2.75, 3.05) is 52.6 Å². The quantitative estimate of drug-likeness (QED) is 0.709. The lowest BCUT2D eigenvalue weighted by atomic mass is 9.87. The number of rotatable bonds is 3. The lowest BCUT2D eigenvalue weighted by Crippen LogP contribution is -2.44. The fourth-order valence-electron chi connectivity index (χ4n) is 4.65. The summed E-state index contributed by atoms with van der Waals surface area (Å²) in [7, 11) is 0. The summed E-state index contributed by atoms with van der Waals surface area (Å²) in [5.74, 6) is 1.67. The average Bonchev–Trinajstić information content (AvgIpc) is 2.99. The minimum Gasteiger partial charge on any atom is -0.494 e. The topological polar surface area (TPSA) is 34.2 Å². The van der Waals surface area contributed by atoms with Gasteiger partial charge < -0.3 is 14.2 Å². The van der Waals surface area contributed by atoms with Gasteiger partial charge in [0.2, 0.25) is 0 Å². The third-order valence-electron chi connectivity index (χ3n) is 5.80. The molecule has 4 rings (SSSR count). The van der Waals surface area contributed by atoms with Gasteiger partial charge >= 0.3 is 0 Å². The predicted molar refractivity (Wildman–Crippen MR) is 98.6 cm³/mol. The second kappa shape index (κ2) is 7.34. The standard InChI is InChI=1S/C17H29N2O3PS/c1-14-17(15-4-2-3-5-16(15)22-14)23(24,18-6-10-20-11-7-18)19-8-12-21-13-9-19/h15-16H,2-13H2,1H3/t15-,16-/m1/s1. The number of ether oxygens (including phenoxy) is 3. The number of hydrogen-bond acceptors (Lipinski definition) is 4. The van der Waals surface area contributed by atoms with E-state index in [4.69, 9.17) is 26.0 Å². The highest BCUT2D eigenvalue weighted by molar-refractivity contribution is 8.14. The molecule has 0 radical (unpaired) electrons. The van der Waals surface area contributed by atoms with Gasteiger partial charge in [0, 0.05) is 37.4 Å². The van der Waals surface area contributed by atoms with Crippen molar-refractivity contribution in [3.8, 4) is 0 Å². The maximum atomic E-state index is 6.56. The number of morpholine rings is 2. The van der Waals surface area contributed by atoms with Crippen LogP contribution in [0, 0.1) is 5.92 Å². The van der Waals surface area contributed by atoms with Crippen LogP contribution in [0.3, 0.4) is 0 Å². The normalized spacial score (nSPS) is 33.4. The molecule has 4 aliphatic rings. The summed E-state index contributed by atoms with van der Waals surface area (Å²) in [6.45, 7) is 9.13. The van der Waals surface area contributed by atoms with Gasteiger partial charge in [-0.1, -0.05) is 18.2 Å². The molecular weight excluding hydrogens is 343 g/mol. The second-order valence-electron chi connectivity index (χ2n) is 7.16. The highest BCUT2D eigenvalue weighted by atomic mass is 32.4. The minimum absolute atomic E-state index is 0.373. The Morgan fingerprint density at radius 2 is 1.46 bits per heavy atom. The number of allylic oxidation sites excluding steroid dienone is 1. The van der Waals surface area contributed by atoms with Crippen LogP contribution >= 0.6 is 6.34 Å². The Morgan fingerprint density at radius 3 is 2.04 bits per heavy atom. The summed E-state index contributed by atoms with van der Waals surface area (Å²) in [6.07, 6.45) is 3.43. The molecule has 0 N–H and O–H groups in total. The van der Waals surface area contributed by atoms with Crippen LogP contribution < -0.4 is 0 Å². The molecule has 136 valence electrons. The molecular formula is C17H29N2O3PS. The van der Waals surface area contributed by atoms with Crippen LogP contribution in [0.2, 0.25) is 0 Å². The first-order chi connectivity index (χ1) is 11.7. The summed E-state index contributed by atoms with van der Waals surface area (Å²) < 4.78 is 22.7. The molecule has 2 saturated heterocycles. The van der Waals surface area contributed by atoms with Crippen LogP contribution in [0.4, 0.5) is 0 Å². The molecule has 0 aromatic heterocycles. The van der Waals surface area contributed by atoms with Crippen molar-refractivity contribution in [3.63, 3.8) is 0 Å². The van der Waals surface area contributed by atoms with E-state index in [1.807, 2.05) is 0 Å². The number of hydrogen-bond donors (Lipinski definition) is 0. The smallest absolute Gasteiger partial charge is 0.107 e. The van der Waals surface area contributed by atoms with Crippen LogP contribution in [0.15, 0.2) is 11.1 Å². The molecule has 2 atom stereocenters. The highest BCUT2D eigenvalue weighted by Crippen LogP contribution is 2.67. The first-order valence-corrected chi connectivity index (χ1v) is 12.1. The van der Waals surface area contributed by atoms with Crippen molar-refractivity contribution < 1.29 is 14.2 Å². The molecule has 3 aliphatic heterocycles. The van der Waals surface area contributed by atoms with Gasteiger partial charge in [0.25, 0.3) is 0 Å². The zero-order valence-corrected chi connectivity index (χ0v) is 16.3. The highest BCUT2D eigenvalue weighted by Gasteiger charge is 2.48. The minimum atomic E-state index is -1.97. The van der Waals surface area contributed by atoms with Gasteiger partial charge in [0.1, 0.15) is 18.2 Å². The van der Waals surface area contributed by atoms with E-state index < -0.39 is 6.34 Å². The Kier molecular flexibility index (Phi) is 5.33. The summed E-state index contributed by atoms with van der Waals surface area (Å²) in [4.78, 5) is 0. The zero-order chi connectivity index (χ0) is 16.6. The van der Waals surface area contributed by atoms with E-state index in [1.54, 1.807) is 0 Å². The fraction of sp³-hybridized carbons (Fsp3) is 0.882. The zero-order valence-electron chi connectivity index (χ0n) is 14.6. The van der Waals surface area contributed by atoms with Crippen LogP contribution in [0.1, 0.15) is 32.6 Å². The number of fused-ring (bicyclic) bond motifs is 1. The summed E-state index contributed by atoms with van der Waals surface area (Å²) >= 11 is 6.56. The molecule has 0 bridgehead atoms. The maximum absolute atomic E-state index is 6.56. The van der Waals surface area contributed by atoms with E-state index in [0.717, 1.165) is 58.4 Å². The lowest BCUT2D eigenvalue weighted by Gasteiger charge is -2.47. The van der Waals surface area contributed by atoms with E-state index in [9.17, 15) is 0 Å². The Labute approximate surface area is 150 Å². The molecule has 3 fully saturated rings. The SMILES string of the molecule is CC1=C(P(=S)(N2CCOCC2)N2CCOCC2)[C@@H]2CCCC[C@H]2O1. The summed E-state index contributed by atoms with van der Waals surface area (Å²) in [5.41, 5.74) is 0. The third kappa shape index (κ3) is 3.00. The van der Waals surface area contributed by atoms with Crippen molar-refractivity contribution in [3.05, 3.63) is 11.1 Å². The van der Waals surface area contributed by atoms with Gasteiger partial charge in [0.15, 0.2) is 0 Å². The van der Waals surface area contributed by atoms with Crippen LogP contribution in [-0.4, -0.2) is 68.1 Å². The first-order valence-electron chi connectivity index (χ1n) is 9.35. The molecule has 1 saturated carbocycles. The van der Waals surface area contributed by atoms with Gasteiger partial charge in [-0.25, -0.2) is 0 Å². The second-order valence-corrected chi connectivity index (χ2v) is 11.4. The van der Waals surface area contributed by atoms with E-state index in [1.165, 1.54) is 31.0 Å². The largest absolute Gasteiger partial charge is 0.494 e. The lowest BCUT2D eigenvalue weighted by molar-refractivity contribution is 0.0580. The van der Waals surface area contributed by atoms with Gasteiger partial charge in [-0.3, -0.25) is 9.34 Å². The van der Waals surface area contributed by atoms with Crippen molar-refractivity contribution in [2.24, 2.45) is 5.92 Å². The monoisotopic (exact) mass is 372 g/mol. The Bertz CT molecular complexity index is 522. The van der Waals surface area contributed by atoms with Crippen molar-refractivity contribution in [1.29, 1.82) is 0 Å². The average molecular weight is 372 g/mol. The van der Waals surface area contributed by atoms with E-state index >= 15 is 0 Å². The number of nitrogens with zero attached hydrogens (tertiary/aromatic N) is 2. The van der Waals surface area contributed by atoms with Crippen molar-refractivity contribution in [2.45, 2.75) is 38.7 Å². The molecule has 7 heteroatoms. The van der Waals surface area contributed by atoms with Crippen molar-refractivity contribution >= 4 is 18.1 Å². The Balaban J connectivity index is 1.71. The molecule has 5 nitrogen and oxygen atoms in total. The van der Waals surface area contributed by atoms with Crippen LogP contribution in [0.5, 0.6) is 0 Å². The van der Waals surface area contributed by atoms with Crippen molar-refractivity contribution in [1.82, 2.24) is 9.34 Å². The van der Waals surface area contributed by atoms with Crippen LogP contribution in [-0.2, 0) is 26.0 Å². The molecule has 0 amide bonds. The van der Waals surface area contributed by atoms with E-state index in [-0.39, 0.29) is 0 Å². The van der Waals surface area contributed by atoms with Gasteiger partial charge in [-0.15, -0.1) is 0 Å². The van der Waals surface area contributed by atoms with E-state index in [0.29, 0.717) is 12.0 Å². The fourth-order valence-corrected chi connectivity index (χ4v) is 9.99. The summed E-state index contributed by atoms with van der Waals surface area (Å²) in [5, 5.41) is 1.48. The molecule has 0 unspecified atom stereocenters. The molecule has 0 spiro atoms. The van der Waals surface area contributed by atoms with Gasteiger partial charge in [-0.2, -0.15) is 0 Å². The van der Waals surface area contributed by atoms with Crippen LogP contribution in [0.25, 0.3) is 0 Å².